The molecule has 12 aromatic carbocycles. The molecule has 0 aliphatic carbocycles. The number of aryl methyl sites for hydroxylation is 13. The number of rotatable bonds is 30. The topological polar surface area (TPSA) is 285 Å². The fourth-order valence-electron chi connectivity index (χ4n) is 13.6. The monoisotopic (exact) mass is 2280 g/mol. The highest BCUT2D eigenvalue weighted by atomic mass is 127. The van der Waals surface area contributed by atoms with E-state index in [1.807, 2.05) is 53.7 Å². The predicted octanol–water partition coefficient (Wildman–Crippen LogP) is 32.5. The predicted molar refractivity (Wildman–Crippen MR) is 556 cm³/mol. The number of hydrogen-bond acceptors (Lipinski definition) is 18. The van der Waals surface area contributed by atoms with Crippen LogP contribution >= 0.6 is 50.1 Å². The number of anilines is 6. The van der Waals surface area contributed by atoms with Crippen molar-refractivity contribution in [3.63, 3.8) is 0 Å². The molecular weight excluding hydrogens is 2170 g/mol. The second-order valence-electron chi connectivity index (χ2n) is 32.9. The first-order valence-corrected chi connectivity index (χ1v) is 47.3. The molecule has 24 nitrogen and oxygen atoms in total. The molecule has 0 saturated heterocycles. The van der Waals surface area contributed by atoms with Gasteiger partial charge < -0.3 is 56.8 Å². The van der Waals surface area contributed by atoms with E-state index in [1.54, 1.807) is 164 Å². The molecular formula is C109H112BrClF13IN6O18. The fourth-order valence-corrected chi connectivity index (χ4v) is 14.9. The van der Waals surface area contributed by atoms with Crippen LogP contribution < -0.4 is 60.3 Å². The van der Waals surface area contributed by atoms with Gasteiger partial charge in [0.05, 0.1) is 110 Å². The van der Waals surface area contributed by atoms with Crippen LogP contribution in [0.3, 0.4) is 0 Å². The number of amides is 6. The standard InChI is InChI=1S/C19H21F2NO3.C18H18BrF2NO3.C18H18ClF2NO3.C18H18F3NO3.C18H18F2INO3.C18H19F2NO3/c1-11-6-5-7-16(22-19(23)24-4)15(11)10-25-17-9-13(3)12(2)8-14(17)18(20)21;3*1-10-7-12(17(20)21)16(8-11(10)2)25-9-13-14(19)5-4-6-15(13)22-18(23)24-3;1-10-7-12(17(19)20)16(8-11(10)2)25-9-13-14(21)5-4-6-15(13)22-18(23)24-3;1-11-8-14(17(19)20)16(9-12(11)2)24-10-13-6-4-5-7-15(13)21-18(22)23-3/h5-9,18H,10H2,1-4H3,(H,22,23);4*4-8,17H,9H2,1-3H3,(H,22,23);4-9,17H,10H2,1-3H3,(H,21,22). The van der Waals surface area contributed by atoms with Crippen LogP contribution in [0.2, 0.25) is 5.02 Å². The van der Waals surface area contributed by atoms with E-state index in [2.05, 4.69) is 98.8 Å². The number of halogens is 16. The number of carbonyl (C=O) groups excluding carboxylic acids is 6. The minimum Gasteiger partial charge on any atom is -0.488 e. The number of ether oxygens (including phenoxy) is 12. The lowest BCUT2D eigenvalue weighted by molar-refractivity contribution is 0.143. The zero-order valence-corrected chi connectivity index (χ0v) is 89.0. The highest BCUT2D eigenvalue weighted by Gasteiger charge is 2.27. The van der Waals surface area contributed by atoms with Crippen molar-refractivity contribution in [1.29, 1.82) is 0 Å². The van der Waals surface area contributed by atoms with E-state index in [9.17, 15) is 85.8 Å². The zero-order chi connectivity index (χ0) is 110. The van der Waals surface area contributed by atoms with Crippen molar-refractivity contribution < 1.29 is 143 Å². The van der Waals surface area contributed by atoms with E-state index in [-0.39, 0.29) is 119 Å². The number of benzene rings is 12. The van der Waals surface area contributed by atoms with Gasteiger partial charge in [-0.2, -0.15) is 0 Å². The maximum Gasteiger partial charge on any atom is 0.411 e. The third kappa shape index (κ3) is 36.3. The maximum atomic E-state index is 14.1. The molecule has 6 amide bonds. The smallest absolute Gasteiger partial charge is 0.411 e. The Morgan fingerprint density at radius 3 is 0.826 bits per heavy atom. The van der Waals surface area contributed by atoms with Gasteiger partial charge in [0, 0.05) is 46.4 Å². The molecule has 0 aliphatic rings. The lowest BCUT2D eigenvalue weighted by Crippen LogP contribution is -2.14. The summed E-state index contributed by atoms with van der Waals surface area (Å²) >= 11 is 11.6. The van der Waals surface area contributed by atoms with Gasteiger partial charge in [-0.05, 0) is 318 Å². The van der Waals surface area contributed by atoms with E-state index in [0.717, 1.165) is 70.3 Å². The van der Waals surface area contributed by atoms with Gasteiger partial charge in [0.25, 0.3) is 38.6 Å². The van der Waals surface area contributed by atoms with Crippen molar-refractivity contribution in [3.05, 3.63) is 346 Å². The van der Waals surface area contributed by atoms with E-state index < -0.39 is 80.9 Å². The van der Waals surface area contributed by atoms with Crippen molar-refractivity contribution in [2.24, 2.45) is 0 Å². The molecule has 12 aromatic rings. The second-order valence-corrected chi connectivity index (χ2v) is 35.3. The molecule has 0 spiro atoms. The molecule has 0 atom stereocenters. The Kier molecular flexibility index (Phi) is 48.1. The summed E-state index contributed by atoms with van der Waals surface area (Å²) in [5.74, 6) is -0.0188. The van der Waals surface area contributed by atoms with Crippen LogP contribution in [-0.4, -0.2) is 79.2 Å². The van der Waals surface area contributed by atoms with Crippen molar-refractivity contribution in [2.45, 2.75) is 168 Å². The van der Waals surface area contributed by atoms with Crippen LogP contribution in [0.1, 0.15) is 178 Å². The minimum atomic E-state index is -2.72. The van der Waals surface area contributed by atoms with Gasteiger partial charge >= 0.3 is 36.6 Å². The van der Waals surface area contributed by atoms with Gasteiger partial charge in [-0.15, -0.1) is 0 Å². The number of carbonyl (C=O) groups is 6. The van der Waals surface area contributed by atoms with E-state index in [4.69, 9.17) is 40.0 Å². The van der Waals surface area contributed by atoms with Gasteiger partial charge in [-0.1, -0.05) is 82.1 Å². The fraction of sp³-hybridized carbons (Fsp3) is 0.284. The quantitative estimate of drug-likeness (QED) is 0.0139. The first kappa shape index (κ1) is 122. The van der Waals surface area contributed by atoms with Crippen molar-refractivity contribution in [2.75, 3.05) is 74.6 Å². The Morgan fingerprint density at radius 1 is 0.268 bits per heavy atom. The molecule has 0 radical (unpaired) electrons. The third-order valence-corrected chi connectivity index (χ3v) is 25.0. The summed E-state index contributed by atoms with van der Waals surface area (Å²) in [6, 6.07) is 49.8. The first-order valence-electron chi connectivity index (χ1n) is 45.1. The first-order chi connectivity index (χ1) is 70.6. The molecule has 0 unspecified atom stereocenters. The summed E-state index contributed by atoms with van der Waals surface area (Å²) in [4.78, 5) is 68.5. The zero-order valence-electron chi connectivity index (χ0n) is 84.5. The molecule has 0 fully saturated rings. The molecule has 40 heteroatoms. The summed E-state index contributed by atoms with van der Waals surface area (Å²) in [5.41, 5.74) is 15.2. The number of para-hydroxylation sites is 1. The summed E-state index contributed by atoms with van der Waals surface area (Å²) in [6.45, 7) is 23.1. The molecule has 6 N–H and O–H groups in total. The molecule has 0 aromatic heterocycles. The lowest BCUT2D eigenvalue weighted by atomic mass is 10.0. The Hall–Kier alpha value is -14.4. The SMILES string of the molecule is COC(=O)Nc1cccc(Br)c1COc1cc(C)c(C)cc1C(F)F.COC(=O)Nc1cccc(C)c1COc1cc(C)c(C)cc1C(F)F.COC(=O)Nc1cccc(Cl)c1COc1cc(C)c(C)cc1C(F)F.COC(=O)Nc1cccc(F)c1COc1cc(C)c(C)cc1C(F)F.COC(=O)Nc1cccc(I)c1COc1cc(C)c(C)cc1C(F)F.COC(=O)Nc1ccccc1COc1cc(C)c(C)cc1C(F)F. The summed E-state index contributed by atoms with van der Waals surface area (Å²) in [5, 5.41) is 15.6. The number of methoxy groups -OCH3 is 6. The minimum absolute atomic E-state index is 0.00295. The van der Waals surface area contributed by atoms with E-state index in [1.165, 1.54) is 103 Å². The van der Waals surface area contributed by atoms with Crippen LogP contribution in [0, 0.1) is 99.4 Å². The highest BCUT2D eigenvalue weighted by molar-refractivity contribution is 14.1. The van der Waals surface area contributed by atoms with Crippen molar-refractivity contribution in [1.82, 2.24) is 0 Å². The Morgan fingerprint density at radius 2 is 0.497 bits per heavy atom. The molecule has 149 heavy (non-hydrogen) atoms. The summed E-state index contributed by atoms with van der Waals surface area (Å²) < 4.78 is 236. The molecule has 0 saturated carbocycles. The molecule has 0 bridgehead atoms. The average Bonchev–Trinajstić information content (AvgIpc) is 0.825. The normalized spacial score (nSPS) is 10.7. The lowest BCUT2D eigenvalue weighted by Gasteiger charge is -2.17. The number of nitrogens with one attached hydrogen (secondary N) is 6. The third-order valence-electron chi connectivity index (χ3n) is 22.8. The second kappa shape index (κ2) is 59.0. The molecule has 12 rings (SSSR count). The summed E-state index contributed by atoms with van der Waals surface area (Å²) in [6.07, 6.45) is -19.8. The maximum absolute atomic E-state index is 14.1. The highest BCUT2D eigenvalue weighted by Crippen LogP contribution is 2.42. The van der Waals surface area contributed by atoms with Gasteiger partial charge in [0.2, 0.25) is 0 Å². The van der Waals surface area contributed by atoms with E-state index >= 15 is 0 Å². The van der Waals surface area contributed by atoms with Crippen LogP contribution in [0.4, 0.5) is 120 Å². The Labute approximate surface area is 881 Å². The van der Waals surface area contributed by atoms with Crippen LogP contribution in [0.15, 0.2) is 193 Å². The molecule has 798 valence electrons. The van der Waals surface area contributed by atoms with E-state index in [0.29, 0.717) is 71.3 Å². The van der Waals surface area contributed by atoms with Crippen molar-refractivity contribution >= 4 is 121 Å². The largest absolute Gasteiger partial charge is 0.488 e. The summed E-state index contributed by atoms with van der Waals surface area (Å²) in [7, 11) is 7.47. The van der Waals surface area contributed by atoms with Crippen LogP contribution in [0.25, 0.3) is 0 Å². The number of alkyl halides is 12. The Balaban J connectivity index is 0.000000242. The molecule has 0 heterocycles. The van der Waals surface area contributed by atoms with Crippen molar-refractivity contribution in [3.8, 4) is 34.5 Å². The Bertz CT molecular complexity index is 5890. The van der Waals surface area contributed by atoms with Gasteiger partial charge in [0.15, 0.2) is 0 Å². The van der Waals surface area contributed by atoms with Gasteiger partial charge in [-0.25, -0.2) is 85.8 Å². The van der Waals surface area contributed by atoms with Crippen LogP contribution in [-0.2, 0) is 68.1 Å². The van der Waals surface area contributed by atoms with Gasteiger partial charge in [-0.3, -0.25) is 31.9 Å². The van der Waals surface area contributed by atoms with Crippen LogP contribution in [0.5, 0.6) is 34.5 Å². The average molecular weight is 2280 g/mol. The van der Waals surface area contributed by atoms with Gasteiger partial charge in [0.1, 0.15) is 80.0 Å². The number of hydrogen-bond donors (Lipinski definition) is 6. The molecule has 0 aliphatic heterocycles.